The van der Waals surface area contributed by atoms with Crippen molar-refractivity contribution in [1.29, 1.82) is 0 Å². The first-order chi connectivity index (χ1) is 9.28. The van der Waals surface area contributed by atoms with Crippen LogP contribution in [-0.4, -0.2) is 29.8 Å². The van der Waals surface area contributed by atoms with E-state index in [1.54, 1.807) is 0 Å². The van der Waals surface area contributed by atoms with Gasteiger partial charge in [0.1, 0.15) is 12.4 Å². The van der Waals surface area contributed by atoms with Gasteiger partial charge in [-0.2, -0.15) is 0 Å². The molecule has 1 aromatic heterocycles. The molecule has 0 saturated carbocycles. The lowest BCUT2D eigenvalue weighted by atomic mass is 10.2. The predicted octanol–water partition coefficient (Wildman–Crippen LogP) is 3.08. The van der Waals surface area contributed by atoms with Crippen molar-refractivity contribution in [2.75, 3.05) is 13.2 Å². The Balaban J connectivity index is 2.56. The number of aromatic nitrogens is 1. The van der Waals surface area contributed by atoms with E-state index in [-0.39, 0.29) is 5.60 Å². The van der Waals surface area contributed by atoms with Crippen molar-refractivity contribution in [3.8, 4) is 5.75 Å². The standard InChI is InChI=1S/C16H28N2O2/c1-12(2)17-10-14-11-18-13(3)9-15(14)19-7-8-20-16(4,5)6/h9,11-12,17H,7-8,10H2,1-6H3. The van der Waals surface area contributed by atoms with E-state index in [9.17, 15) is 0 Å². The number of nitrogens with zero attached hydrogens (tertiary/aromatic N) is 1. The van der Waals surface area contributed by atoms with Gasteiger partial charge in [-0.25, -0.2) is 0 Å². The number of ether oxygens (including phenoxy) is 2. The number of nitrogens with one attached hydrogen (secondary N) is 1. The van der Waals surface area contributed by atoms with Gasteiger partial charge in [-0.3, -0.25) is 4.98 Å². The fourth-order valence-corrected chi connectivity index (χ4v) is 1.64. The minimum atomic E-state index is -0.125. The quantitative estimate of drug-likeness (QED) is 0.780. The molecule has 0 saturated heterocycles. The molecule has 1 N–H and O–H groups in total. The van der Waals surface area contributed by atoms with Crippen molar-refractivity contribution in [2.45, 2.75) is 59.7 Å². The van der Waals surface area contributed by atoms with Crippen molar-refractivity contribution in [3.05, 3.63) is 23.5 Å². The lowest BCUT2D eigenvalue weighted by Gasteiger charge is -2.20. The Hall–Kier alpha value is -1.13. The molecule has 114 valence electrons. The number of aryl methyl sites for hydroxylation is 1. The summed E-state index contributed by atoms with van der Waals surface area (Å²) in [5.41, 5.74) is 1.92. The van der Waals surface area contributed by atoms with E-state index in [2.05, 4.69) is 24.1 Å². The van der Waals surface area contributed by atoms with Gasteiger partial charge >= 0.3 is 0 Å². The van der Waals surface area contributed by atoms with Gasteiger partial charge in [-0.15, -0.1) is 0 Å². The zero-order chi connectivity index (χ0) is 15.2. The zero-order valence-electron chi connectivity index (χ0n) is 13.6. The highest BCUT2D eigenvalue weighted by Crippen LogP contribution is 2.19. The van der Waals surface area contributed by atoms with Crippen molar-refractivity contribution in [1.82, 2.24) is 10.3 Å². The highest BCUT2D eigenvalue weighted by molar-refractivity contribution is 5.32. The summed E-state index contributed by atoms with van der Waals surface area (Å²) in [6, 6.07) is 2.42. The van der Waals surface area contributed by atoms with Crippen molar-refractivity contribution < 1.29 is 9.47 Å². The first kappa shape index (κ1) is 16.9. The molecule has 0 aliphatic carbocycles. The second-order valence-electron chi connectivity index (χ2n) is 6.28. The molecule has 1 rings (SSSR count). The van der Waals surface area contributed by atoms with Gasteiger partial charge in [0.2, 0.25) is 0 Å². The molecule has 0 radical (unpaired) electrons. The summed E-state index contributed by atoms with van der Waals surface area (Å²) in [6.07, 6.45) is 1.88. The molecule has 0 fully saturated rings. The van der Waals surface area contributed by atoms with Crippen LogP contribution in [0, 0.1) is 6.92 Å². The highest BCUT2D eigenvalue weighted by Gasteiger charge is 2.10. The Kier molecular flexibility index (Phi) is 6.43. The average Bonchev–Trinajstić information content (AvgIpc) is 2.32. The normalized spacial score (nSPS) is 11.9. The van der Waals surface area contributed by atoms with Crippen molar-refractivity contribution in [2.24, 2.45) is 0 Å². The molecule has 4 nitrogen and oxygen atoms in total. The Morgan fingerprint density at radius 1 is 1.25 bits per heavy atom. The van der Waals surface area contributed by atoms with Gasteiger partial charge < -0.3 is 14.8 Å². The fourth-order valence-electron chi connectivity index (χ4n) is 1.64. The van der Waals surface area contributed by atoms with Gasteiger partial charge in [0.15, 0.2) is 0 Å². The number of hydrogen-bond acceptors (Lipinski definition) is 4. The fraction of sp³-hybridized carbons (Fsp3) is 0.688. The number of hydrogen-bond donors (Lipinski definition) is 1. The third kappa shape index (κ3) is 6.87. The smallest absolute Gasteiger partial charge is 0.127 e. The molecule has 0 unspecified atom stereocenters. The lowest BCUT2D eigenvalue weighted by molar-refractivity contribution is -0.0164. The van der Waals surface area contributed by atoms with Crippen LogP contribution in [0.1, 0.15) is 45.9 Å². The maximum atomic E-state index is 5.84. The van der Waals surface area contributed by atoms with Gasteiger partial charge in [-0.05, 0) is 27.7 Å². The second-order valence-corrected chi connectivity index (χ2v) is 6.28. The molecular weight excluding hydrogens is 252 g/mol. The van der Waals surface area contributed by atoms with Crippen LogP contribution in [0.2, 0.25) is 0 Å². The zero-order valence-corrected chi connectivity index (χ0v) is 13.6. The van der Waals surface area contributed by atoms with E-state index >= 15 is 0 Å². The Morgan fingerprint density at radius 2 is 1.95 bits per heavy atom. The van der Waals surface area contributed by atoms with E-state index in [1.807, 2.05) is 40.0 Å². The molecule has 0 amide bonds. The van der Waals surface area contributed by atoms with Crippen LogP contribution in [0.25, 0.3) is 0 Å². The topological polar surface area (TPSA) is 43.4 Å². The minimum Gasteiger partial charge on any atom is -0.491 e. The molecule has 0 spiro atoms. The van der Waals surface area contributed by atoms with Gasteiger partial charge in [0.25, 0.3) is 0 Å². The number of pyridine rings is 1. The summed E-state index contributed by atoms with van der Waals surface area (Å²) in [5.74, 6) is 0.892. The van der Waals surface area contributed by atoms with E-state index in [0.29, 0.717) is 19.3 Å². The van der Waals surface area contributed by atoms with Crippen LogP contribution in [0.15, 0.2) is 12.3 Å². The van der Waals surface area contributed by atoms with Crippen LogP contribution < -0.4 is 10.1 Å². The van der Waals surface area contributed by atoms with E-state index in [1.165, 1.54) is 0 Å². The van der Waals surface area contributed by atoms with Crippen LogP contribution in [0.4, 0.5) is 0 Å². The van der Waals surface area contributed by atoms with Crippen LogP contribution in [-0.2, 0) is 11.3 Å². The van der Waals surface area contributed by atoms with Gasteiger partial charge in [-0.1, -0.05) is 13.8 Å². The SMILES string of the molecule is Cc1cc(OCCOC(C)(C)C)c(CNC(C)C)cn1. The molecule has 0 bridgehead atoms. The maximum absolute atomic E-state index is 5.84. The molecular formula is C16H28N2O2. The Morgan fingerprint density at radius 3 is 2.55 bits per heavy atom. The summed E-state index contributed by atoms with van der Waals surface area (Å²) < 4.78 is 11.5. The summed E-state index contributed by atoms with van der Waals surface area (Å²) in [4.78, 5) is 4.33. The Labute approximate surface area is 122 Å². The average molecular weight is 280 g/mol. The predicted molar refractivity (Wildman–Crippen MR) is 82.1 cm³/mol. The largest absolute Gasteiger partial charge is 0.491 e. The maximum Gasteiger partial charge on any atom is 0.127 e. The molecule has 1 heterocycles. The van der Waals surface area contributed by atoms with E-state index in [0.717, 1.165) is 23.6 Å². The third-order valence-electron chi connectivity index (χ3n) is 2.66. The minimum absolute atomic E-state index is 0.125. The summed E-state index contributed by atoms with van der Waals surface area (Å²) in [7, 11) is 0. The summed E-state index contributed by atoms with van der Waals surface area (Å²) >= 11 is 0. The molecule has 20 heavy (non-hydrogen) atoms. The second kappa shape index (κ2) is 7.60. The van der Waals surface area contributed by atoms with Gasteiger partial charge in [0.05, 0.1) is 12.2 Å². The van der Waals surface area contributed by atoms with Crippen LogP contribution >= 0.6 is 0 Å². The summed E-state index contributed by atoms with van der Waals surface area (Å²) in [5, 5.41) is 3.39. The van der Waals surface area contributed by atoms with E-state index in [4.69, 9.17) is 9.47 Å². The molecule has 0 aliphatic heterocycles. The van der Waals surface area contributed by atoms with Gasteiger partial charge in [0, 0.05) is 36.1 Å². The van der Waals surface area contributed by atoms with Crippen LogP contribution in [0.5, 0.6) is 5.75 Å². The first-order valence-electron chi connectivity index (χ1n) is 7.23. The molecule has 1 aromatic rings. The molecule has 4 heteroatoms. The van der Waals surface area contributed by atoms with Crippen LogP contribution in [0.3, 0.4) is 0 Å². The van der Waals surface area contributed by atoms with Crippen molar-refractivity contribution in [3.63, 3.8) is 0 Å². The number of rotatable bonds is 7. The third-order valence-corrected chi connectivity index (χ3v) is 2.66. The lowest BCUT2D eigenvalue weighted by Crippen LogP contribution is -2.24. The highest BCUT2D eigenvalue weighted by atomic mass is 16.5. The molecule has 0 aliphatic rings. The van der Waals surface area contributed by atoms with Crippen molar-refractivity contribution >= 4 is 0 Å². The molecule has 0 atom stereocenters. The first-order valence-corrected chi connectivity index (χ1v) is 7.23. The van der Waals surface area contributed by atoms with E-state index < -0.39 is 0 Å². The monoisotopic (exact) mass is 280 g/mol. The Bertz CT molecular complexity index is 411. The molecule has 0 aromatic carbocycles. The summed E-state index contributed by atoms with van der Waals surface area (Å²) in [6.45, 7) is 14.2.